The van der Waals surface area contributed by atoms with Crippen molar-refractivity contribution in [3.8, 4) is 16.9 Å². The van der Waals surface area contributed by atoms with Gasteiger partial charge >= 0.3 is 0 Å². The van der Waals surface area contributed by atoms with Crippen molar-refractivity contribution < 1.29 is 4.74 Å². The van der Waals surface area contributed by atoms with Crippen LogP contribution in [0.5, 0.6) is 5.75 Å². The maximum atomic E-state index is 5.67. The van der Waals surface area contributed by atoms with Crippen LogP contribution in [0.4, 0.5) is 0 Å². The van der Waals surface area contributed by atoms with E-state index in [1.54, 1.807) is 7.11 Å². The standard InChI is InChI=1S/C23H32O/c1-4-5-6-7-8-9-13-16-21-19(2)17-18-22(24-3)23(21)20-14-11-10-12-15-20/h10-12,14-15,17-18H,4-9,13,16H2,1-3H3. The summed E-state index contributed by atoms with van der Waals surface area (Å²) in [5.74, 6) is 0.991. The third-order valence-corrected chi connectivity index (χ3v) is 4.82. The van der Waals surface area contributed by atoms with E-state index >= 15 is 0 Å². The second-order valence-electron chi connectivity index (χ2n) is 6.68. The van der Waals surface area contributed by atoms with Crippen LogP contribution in [0.15, 0.2) is 42.5 Å². The largest absolute Gasteiger partial charge is 0.496 e. The molecule has 24 heavy (non-hydrogen) atoms. The molecule has 2 aromatic rings. The molecule has 0 radical (unpaired) electrons. The molecule has 2 rings (SSSR count). The van der Waals surface area contributed by atoms with E-state index in [4.69, 9.17) is 4.74 Å². The Hall–Kier alpha value is -1.76. The Morgan fingerprint density at radius 3 is 2.12 bits per heavy atom. The summed E-state index contributed by atoms with van der Waals surface area (Å²) in [6, 6.07) is 15.0. The molecule has 1 nitrogen and oxygen atoms in total. The Morgan fingerprint density at radius 1 is 0.792 bits per heavy atom. The highest BCUT2D eigenvalue weighted by molar-refractivity contribution is 5.75. The molecule has 1 heteroatoms. The van der Waals surface area contributed by atoms with Gasteiger partial charge in [-0.3, -0.25) is 0 Å². The van der Waals surface area contributed by atoms with E-state index in [0.29, 0.717) is 0 Å². The van der Waals surface area contributed by atoms with Crippen LogP contribution in [-0.4, -0.2) is 7.11 Å². The van der Waals surface area contributed by atoms with Crippen molar-refractivity contribution in [3.05, 3.63) is 53.6 Å². The zero-order chi connectivity index (χ0) is 17.2. The number of methoxy groups -OCH3 is 1. The molecular formula is C23H32O. The van der Waals surface area contributed by atoms with Gasteiger partial charge in [-0.1, -0.05) is 81.8 Å². The molecule has 0 unspecified atom stereocenters. The van der Waals surface area contributed by atoms with E-state index in [1.165, 1.54) is 67.2 Å². The van der Waals surface area contributed by atoms with Crippen LogP contribution >= 0.6 is 0 Å². The van der Waals surface area contributed by atoms with Gasteiger partial charge in [0.2, 0.25) is 0 Å². The van der Waals surface area contributed by atoms with Crippen LogP contribution < -0.4 is 4.74 Å². The third-order valence-electron chi connectivity index (χ3n) is 4.82. The summed E-state index contributed by atoms with van der Waals surface area (Å²) in [4.78, 5) is 0. The lowest BCUT2D eigenvalue weighted by atomic mass is 9.91. The minimum absolute atomic E-state index is 0.991. The first-order chi connectivity index (χ1) is 11.8. The highest BCUT2D eigenvalue weighted by Crippen LogP contribution is 2.36. The van der Waals surface area contributed by atoms with E-state index in [0.717, 1.165) is 12.2 Å². The molecule has 0 N–H and O–H groups in total. The molecule has 0 aliphatic rings. The average molecular weight is 325 g/mol. The van der Waals surface area contributed by atoms with Crippen LogP contribution in [0.3, 0.4) is 0 Å². The molecular weight excluding hydrogens is 292 g/mol. The van der Waals surface area contributed by atoms with Gasteiger partial charge in [-0.2, -0.15) is 0 Å². The number of rotatable bonds is 10. The Bertz CT molecular complexity index is 601. The van der Waals surface area contributed by atoms with Gasteiger partial charge in [0.25, 0.3) is 0 Å². The van der Waals surface area contributed by atoms with E-state index < -0.39 is 0 Å². The lowest BCUT2D eigenvalue weighted by Crippen LogP contribution is -1.98. The summed E-state index contributed by atoms with van der Waals surface area (Å²) in [5, 5.41) is 0. The minimum Gasteiger partial charge on any atom is -0.496 e. The smallest absolute Gasteiger partial charge is 0.126 e. The number of hydrogen-bond acceptors (Lipinski definition) is 1. The molecule has 2 aromatic carbocycles. The molecule has 0 spiro atoms. The summed E-state index contributed by atoms with van der Waals surface area (Å²) in [5.41, 5.74) is 5.37. The Balaban J connectivity index is 2.08. The number of hydrogen-bond donors (Lipinski definition) is 0. The number of benzene rings is 2. The van der Waals surface area contributed by atoms with E-state index in [2.05, 4.69) is 56.3 Å². The molecule has 0 amide bonds. The Morgan fingerprint density at radius 2 is 1.46 bits per heavy atom. The Kier molecular flexibility index (Phi) is 7.88. The van der Waals surface area contributed by atoms with Gasteiger partial charge in [-0.25, -0.2) is 0 Å². The zero-order valence-electron chi connectivity index (χ0n) is 15.6. The number of ether oxygens (including phenoxy) is 1. The molecule has 0 aliphatic carbocycles. The van der Waals surface area contributed by atoms with Crippen LogP contribution in [0.1, 0.15) is 63.0 Å². The van der Waals surface area contributed by atoms with Crippen LogP contribution in [0, 0.1) is 6.92 Å². The summed E-state index contributed by atoms with van der Waals surface area (Å²) in [7, 11) is 1.77. The molecule has 0 heterocycles. The van der Waals surface area contributed by atoms with Crippen molar-refractivity contribution in [2.75, 3.05) is 7.11 Å². The minimum atomic E-state index is 0.991. The predicted molar refractivity (Wildman–Crippen MR) is 105 cm³/mol. The third kappa shape index (κ3) is 5.12. The van der Waals surface area contributed by atoms with Crippen molar-refractivity contribution in [3.63, 3.8) is 0 Å². The van der Waals surface area contributed by atoms with Gasteiger partial charge in [0.05, 0.1) is 7.11 Å². The molecule has 0 bridgehead atoms. The van der Waals surface area contributed by atoms with E-state index in [-0.39, 0.29) is 0 Å². The maximum absolute atomic E-state index is 5.67. The van der Waals surface area contributed by atoms with Gasteiger partial charge < -0.3 is 4.74 Å². The van der Waals surface area contributed by atoms with Crippen LogP contribution in [-0.2, 0) is 6.42 Å². The number of unbranched alkanes of at least 4 members (excludes halogenated alkanes) is 6. The molecule has 0 saturated heterocycles. The summed E-state index contributed by atoms with van der Waals surface area (Å²) < 4.78 is 5.67. The predicted octanol–water partition coefficient (Wildman–Crippen LogP) is 6.96. The molecule has 0 saturated carbocycles. The summed E-state index contributed by atoms with van der Waals surface area (Å²) in [6.07, 6.45) is 10.6. The van der Waals surface area contributed by atoms with Gasteiger partial charge in [-0.05, 0) is 42.5 Å². The first kappa shape index (κ1) is 18.6. The topological polar surface area (TPSA) is 9.23 Å². The van der Waals surface area contributed by atoms with Crippen molar-refractivity contribution in [2.24, 2.45) is 0 Å². The Labute approximate surface area is 148 Å². The average Bonchev–Trinajstić information content (AvgIpc) is 2.62. The van der Waals surface area contributed by atoms with Crippen molar-refractivity contribution >= 4 is 0 Å². The van der Waals surface area contributed by atoms with E-state index in [9.17, 15) is 0 Å². The van der Waals surface area contributed by atoms with Gasteiger partial charge in [0.1, 0.15) is 5.75 Å². The monoisotopic (exact) mass is 324 g/mol. The fourth-order valence-corrected chi connectivity index (χ4v) is 3.40. The molecule has 130 valence electrons. The first-order valence-corrected chi connectivity index (χ1v) is 9.49. The maximum Gasteiger partial charge on any atom is 0.126 e. The lowest BCUT2D eigenvalue weighted by Gasteiger charge is -2.17. The van der Waals surface area contributed by atoms with Crippen LogP contribution in [0.25, 0.3) is 11.1 Å². The summed E-state index contributed by atoms with van der Waals surface area (Å²) in [6.45, 7) is 4.50. The molecule has 0 atom stereocenters. The SMILES string of the molecule is CCCCCCCCCc1c(C)ccc(OC)c1-c1ccccc1. The highest BCUT2D eigenvalue weighted by Gasteiger charge is 2.13. The fraction of sp³-hybridized carbons (Fsp3) is 0.478. The van der Waals surface area contributed by atoms with Crippen LogP contribution in [0.2, 0.25) is 0 Å². The highest BCUT2D eigenvalue weighted by atomic mass is 16.5. The van der Waals surface area contributed by atoms with Crippen molar-refractivity contribution in [1.82, 2.24) is 0 Å². The fourth-order valence-electron chi connectivity index (χ4n) is 3.40. The van der Waals surface area contributed by atoms with Crippen molar-refractivity contribution in [2.45, 2.75) is 65.2 Å². The lowest BCUT2D eigenvalue weighted by molar-refractivity contribution is 0.415. The van der Waals surface area contributed by atoms with Gasteiger partial charge in [0.15, 0.2) is 0 Å². The van der Waals surface area contributed by atoms with Gasteiger partial charge in [0, 0.05) is 5.56 Å². The second kappa shape index (κ2) is 10.2. The summed E-state index contributed by atoms with van der Waals surface area (Å²) >= 11 is 0. The van der Waals surface area contributed by atoms with Crippen molar-refractivity contribution in [1.29, 1.82) is 0 Å². The quantitative estimate of drug-likeness (QED) is 0.429. The normalized spacial score (nSPS) is 10.8. The second-order valence-corrected chi connectivity index (χ2v) is 6.68. The zero-order valence-corrected chi connectivity index (χ0v) is 15.6. The van der Waals surface area contributed by atoms with E-state index in [1.807, 2.05) is 0 Å². The molecule has 0 fully saturated rings. The van der Waals surface area contributed by atoms with Gasteiger partial charge in [-0.15, -0.1) is 0 Å². The number of aryl methyl sites for hydroxylation is 1. The molecule has 0 aromatic heterocycles. The molecule has 0 aliphatic heterocycles. The first-order valence-electron chi connectivity index (χ1n) is 9.49.